The van der Waals surface area contributed by atoms with Crippen LogP contribution in [0.15, 0.2) is 11.8 Å². The Hall–Kier alpha value is -0.790. The number of rotatable bonds is 2. The minimum Gasteiger partial charge on any atom is -0.317 e. The molecule has 11 heavy (non-hydrogen) atoms. The van der Waals surface area contributed by atoms with Gasteiger partial charge in [0, 0.05) is 18.7 Å². The molecule has 1 saturated heterocycles. The van der Waals surface area contributed by atoms with E-state index >= 15 is 0 Å². The van der Waals surface area contributed by atoms with Crippen LogP contribution in [0, 0.1) is 0 Å². The maximum Gasteiger partial charge on any atom is 0.226 e. The highest BCUT2D eigenvalue weighted by atomic mass is 16.2. The zero-order valence-corrected chi connectivity index (χ0v) is 7.26. The van der Waals surface area contributed by atoms with Crippen LogP contribution >= 0.6 is 0 Å². The van der Waals surface area contributed by atoms with Crippen LogP contribution in [0.4, 0.5) is 0 Å². The van der Waals surface area contributed by atoms with E-state index < -0.39 is 0 Å². The number of carbonyl (C=O) groups excluding carboxylic acids is 1. The fourth-order valence-electron chi connectivity index (χ4n) is 1.50. The van der Waals surface area contributed by atoms with Crippen LogP contribution in [-0.2, 0) is 4.79 Å². The Bertz CT molecular complexity index is 184. The Balaban J connectivity index is 2.65. The molecule has 0 atom stereocenters. The summed E-state index contributed by atoms with van der Waals surface area (Å²) in [5.74, 6) is 0.292. The van der Waals surface area contributed by atoms with Crippen molar-refractivity contribution in [3.8, 4) is 0 Å². The second-order valence-electron chi connectivity index (χ2n) is 2.78. The van der Waals surface area contributed by atoms with Crippen molar-refractivity contribution in [2.45, 2.75) is 33.1 Å². The first-order valence-corrected chi connectivity index (χ1v) is 4.25. The van der Waals surface area contributed by atoms with E-state index in [1.54, 1.807) is 0 Å². The summed E-state index contributed by atoms with van der Waals surface area (Å²) in [7, 11) is 0. The predicted molar refractivity (Wildman–Crippen MR) is 45.0 cm³/mol. The molecule has 1 amide bonds. The van der Waals surface area contributed by atoms with E-state index in [1.807, 2.05) is 17.9 Å². The van der Waals surface area contributed by atoms with Gasteiger partial charge in [-0.05, 0) is 19.8 Å². The highest BCUT2D eigenvalue weighted by Gasteiger charge is 2.21. The largest absolute Gasteiger partial charge is 0.317 e. The lowest BCUT2D eigenvalue weighted by molar-refractivity contribution is -0.126. The van der Waals surface area contributed by atoms with Crippen molar-refractivity contribution >= 4 is 5.91 Å². The lowest BCUT2D eigenvalue weighted by Crippen LogP contribution is -2.23. The molecule has 2 heteroatoms. The maximum atomic E-state index is 11.2. The second kappa shape index (κ2) is 3.56. The van der Waals surface area contributed by atoms with Gasteiger partial charge in [0.05, 0.1) is 0 Å². The number of hydrogen-bond acceptors (Lipinski definition) is 1. The Morgan fingerprint density at radius 2 is 2.45 bits per heavy atom. The molecule has 1 aliphatic heterocycles. The summed E-state index contributed by atoms with van der Waals surface area (Å²) in [5, 5.41) is 0. The van der Waals surface area contributed by atoms with Gasteiger partial charge in [-0.15, -0.1) is 0 Å². The van der Waals surface area contributed by atoms with Gasteiger partial charge in [-0.2, -0.15) is 0 Å². The van der Waals surface area contributed by atoms with E-state index in [2.05, 4.69) is 6.92 Å². The first-order chi connectivity index (χ1) is 5.29. The van der Waals surface area contributed by atoms with E-state index in [-0.39, 0.29) is 0 Å². The SMILES string of the molecule is CC=C(CC)N1CCCC1=O. The number of hydrogen-bond donors (Lipinski definition) is 0. The Kier molecular flexibility index (Phi) is 2.69. The van der Waals surface area contributed by atoms with E-state index in [0.29, 0.717) is 5.91 Å². The molecule has 0 aromatic heterocycles. The van der Waals surface area contributed by atoms with Crippen molar-refractivity contribution in [1.29, 1.82) is 0 Å². The summed E-state index contributed by atoms with van der Waals surface area (Å²) in [6, 6.07) is 0. The van der Waals surface area contributed by atoms with E-state index in [9.17, 15) is 4.79 Å². The van der Waals surface area contributed by atoms with Crippen molar-refractivity contribution in [3.05, 3.63) is 11.8 Å². The predicted octanol–water partition coefficient (Wildman–Crippen LogP) is 1.92. The molecule has 0 saturated carbocycles. The molecule has 0 bridgehead atoms. The second-order valence-corrected chi connectivity index (χ2v) is 2.78. The summed E-state index contributed by atoms with van der Waals surface area (Å²) in [6.45, 7) is 5.00. The third-order valence-corrected chi connectivity index (χ3v) is 2.12. The zero-order valence-electron chi connectivity index (χ0n) is 7.26. The van der Waals surface area contributed by atoms with Gasteiger partial charge in [-0.3, -0.25) is 4.79 Å². The molecule has 0 aromatic rings. The van der Waals surface area contributed by atoms with Gasteiger partial charge < -0.3 is 4.90 Å². The molecule has 1 fully saturated rings. The van der Waals surface area contributed by atoms with Crippen LogP contribution in [0.5, 0.6) is 0 Å². The molecule has 1 rings (SSSR count). The zero-order chi connectivity index (χ0) is 8.27. The van der Waals surface area contributed by atoms with Gasteiger partial charge in [-0.1, -0.05) is 13.0 Å². The Morgan fingerprint density at radius 1 is 1.73 bits per heavy atom. The third kappa shape index (κ3) is 1.62. The molecule has 0 aliphatic carbocycles. The van der Waals surface area contributed by atoms with Crippen LogP contribution in [0.25, 0.3) is 0 Å². The minimum absolute atomic E-state index is 0.292. The summed E-state index contributed by atoms with van der Waals surface area (Å²) < 4.78 is 0. The first kappa shape index (κ1) is 8.31. The van der Waals surface area contributed by atoms with E-state index in [0.717, 1.165) is 25.8 Å². The van der Waals surface area contributed by atoms with Crippen LogP contribution in [0.1, 0.15) is 33.1 Å². The highest BCUT2D eigenvalue weighted by Crippen LogP contribution is 2.17. The molecule has 2 nitrogen and oxygen atoms in total. The lowest BCUT2D eigenvalue weighted by atomic mass is 10.3. The first-order valence-electron chi connectivity index (χ1n) is 4.25. The van der Waals surface area contributed by atoms with Crippen LogP contribution < -0.4 is 0 Å². The van der Waals surface area contributed by atoms with Gasteiger partial charge in [0.25, 0.3) is 0 Å². The number of allylic oxidation sites excluding steroid dienone is 2. The van der Waals surface area contributed by atoms with Crippen molar-refractivity contribution in [3.63, 3.8) is 0 Å². The van der Waals surface area contributed by atoms with Crippen molar-refractivity contribution in [1.82, 2.24) is 4.90 Å². The van der Waals surface area contributed by atoms with Crippen molar-refractivity contribution < 1.29 is 4.79 Å². The average Bonchev–Trinajstić information content (AvgIpc) is 2.40. The molecule has 0 spiro atoms. The maximum absolute atomic E-state index is 11.2. The quantitative estimate of drug-likeness (QED) is 0.593. The fourth-order valence-corrected chi connectivity index (χ4v) is 1.50. The van der Waals surface area contributed by atoms with Gasteiger partial charge in [0.2, 0.25) is 5.91 Å². The highest BCUT2D eigenvalue weighted by molar-refractivity contribution is 5.79. The van der Waals surface area contributed by atoms with Crippen molar-refractivity contribution in [2.24, 2.45) is 0 Å². The third-order valence-electron chi connectivity index (χ3n) is 2.12. The fraction of sp³-hybridized carbons (Fsp3) is 0.667. The van der Waals surface area contributed by atoms with Crippen LogP contribution in [-0.4, -0.2) is 17.4 Å². The summed E-state index contributed by atoms with van der Waals surface area (Å²) in [5.41, 5.74) is 1.17. The molecule has 0 unspecified atom stereocenters. The van der Waals surface area contributed by atoms with Crippen LogP contribution in [0.3, 0.4) is 0 Å². The van der Waals surface area contributed by atoms with E-state index in [1.165, 1.54) is 5.70 Å². The molecule has 1 heterocycles. The van der Waals surface area contributed by atoms with Gasteiger partial charge in [-0.25, -0.2) is 0 Å². The van der Waals surface area contributed by atoms with Gasteiger partial charge >= 0.3 is 0 Å². The standard InChI is InChI=1S/C9H15NO/c1-3-8(4-2)10-7-5-6-9(10)11/h3H,4-7H2,1-2H3. The lowest BCUT2D eigenvalue weighted by Gasteiger charge is -2.17. The number of carbonyl (C=O) groups is 1. The summed E-state index contributed by atoms with van der Waals surface area (Å²) >= 11 is 0. The molecular weight excluding hydrogens is 138 g/mol. The minimum atomic E-state index is 0.292. The molecule has 0 radical (unpaired) electrons. The summed E-state index contributed by atoms with van der Waals surface area (Å²) in [6.07, 6.45) is 4.75. The molecule has 0 N–H and O–H groups in total. The molecule has 1 aliphatic rings. The van der Waals surface area contributed by atoms with E-state index in [4.69, 9.17) is 0 Å². The number of nitrogens with zero attached hydrogens (tertiary/aromatic N) is 1. The number of likely N-dealkylation sites (tertiary alicyclic amines) is 1. The molecule has 0 aromatic carbocycles. The Labute approximate surface area is 67.9 Å². The topological polar surface area (TPSA) is 20.3 Å². The van der Waals surface area contributed by atoms with Gasteiger partial charge in [0.15, 0.2) is 0 Å². The average molecular weight is 153 g/mol. The van der Waals surface area contributed by atoms with Gasteiger partial charge in [0.1, 0.15) is 0 Å². The van der Waals surface area contributed by atoms with Crippen molar-refractivity contribution in [2.75, 3.05) is 6.54 Å². The number of amides is 1. The smallest absolute Gasteiger partial charge is 0.226 e. The monoisotopic (exact) mass is 153 g/mol. The van der Waals surface area contributed by atoms with Crippen LogP contribution in [0.2, 0.25) is 0 Å². The molecular formula is C9H15NO. The normalized spacial score (nSPS) is 19.6. The summed E-state index contributed by atoms with van der Waals surface area (Å²) in [4.78, 5) is 13.1. The molecule has 62 valence electrons. The Morgan fingerprint density at radius 3 is 2.82 bits per heavy atom.